The predicted molar refractivity (Wildman–Crippen MR) is 110 cm³/mol. The minimum Gasteiger partial charge on any atom is -0.507 e. The normalized spacial score (nSPS) is 16.0. The molecule has 2 rings (SSSR count). The molecule has 2 N–H and O–H groups in total. The van der Waals surface area contributed by atoms with E-state index in [9.17, 15) is 14.7 Å². The van der Waals surface area contributed by atoms with Gasteiger partial charge in [0.15, 0.2) is 0 Å². The van der Waals surface area contributed by atoms with Crippen LogP contribution in [0.5, 0.6) is 5.75 Å². The summed E-state index contributed by atoms with van der Waals surface area (Å²) in [6, 6.07) is 3.86. The molecule has 1 aliphatic heterocycles. The van der Waals surface area contributed by atoms with Gasteiger partial charge in [0.25, 0.3) is 5.91 Å². The number of aliphatic carboxylic acids is 1. The van der Waals surface area contributed by atoms with Gasteiger partial charge in [-0.05, 0) is 58.6 Å². The lowest BCUT2D eigenvalue weighted by molar-refractivity contribution is -0.137. The summed E-state index contributed by atoms with van der Waals surface area (Å²) < 4.78 is 0. The third-order valence-electron chi connectivity index (χ3n) is 4.43. The monoisotopic (exact) mass is 389 g/mol. The summed E-state index contributed by atoms with van der Waals surface area (Å²) in [5.74, 6) is -0.316. The van der Waals surface area contributed by atoms with Crippen molar-refractivity contribution in [3.63, 3.8) is 0 Å². The van der Waals surface area contributed by atoms with Crippen molar-refractivity contribution in [2.24, 2.45) is 0 Å². The zero-order chi connectivity index (χ0) is 20.1. The van der Waals surface area contributed by atoms with Crippen LogP contribution in [0.15, 0.2) is 28.6 Å². The Morgan fingerprint density at radius 2 is 1.78 bits per heavy atom. The number of benzene rings is 1. The van der Waals surface area contributed by atoms with E-state index in [1.165, 1.54) is 11.8 Å². The maximum atomic E-state index is 12.7. The molecule has 1 aromatic carbocycles. The SMILES string of the molecule is CC(C)c1cc(/C=C2\SC=CN(CCCC(=O)O)C2=O)cc(C(C)C)c1O. The molecule has 0 radical (unpaired) electrons. The molecule has 27 heavy (non-hydrogen) atoms. The minimum absolute atomic E-state index is 0.0390. The Kier molecular flexibility index (Phi) is 7.13. The molecule has 0 fully saturated rings. The van der Waals surface area contributed by atoms with Gasteiger partial charge in [0, 0.05) is 19.2 Å². The Morgan fingerprint density at radius 3 is 2.30 bits per heavy atom. The summed E-state index contributed by atoms with van der Waals surface area (Å²) in [7, 11) is 0. The van der Waals surface area contributed by atoms with Crippen molar-refractivity contribution in [3.8, 4) is 5.75 Å². The first-order valence-corrected chi connectivity index (χ1v) is 10.0. The highest BCUT2D eigenvalue weighted by molar-refractivity contribution is 8.06. The lowest BCUT2D eigenvalue weighted by Crippen LogP contribution is -2.29. The Morgan fingerprint density at radius 1 is 1.19 bits per heavy atom. The van der Waals surface area contributed by atoms with Crippen LogP contribution in [0.3, 0.4) is 0 Å². The molecule has 0 saturated heterocycles. The van der Waals surface area contributed by atoms with Gasteiger partial charge in [-0.3, -0.25) is 9.59 Å². The second-order valence-electron chi connectivity index (χ2n) is 7.26. The van der Waals surface area contributed by atoms with Gasteiger partial charge in [-0.1, -0.05) is 39.5 Å². The number of carboxylic acid groups (broad SMARTS) is 1. The Bertz CT molecular complexity index is 751. The van der Waals surface area contributed by atoms with Gasteiger partial charge in [-0.2, -0.15) is 0 Å². The largest absolute Gasteiger partial charge is 0.507 e. The Hall–Kier alpha value is -2.21. The number of nitrogens with zero attached hydrogens (tertiary/aromatic N) is 1. The number of aromatic hydroxyl groups is 1. The van der Waals surface area contributed by atoms with E-state index in [4.69, 9.17) is 5.11 Å². The van der Waals surface area contributed by atoms with E-state index in [1.54, 1.807) is 11.1 Å². The number of amides is 1. The lowest BCUT2D eigenvalue weighted by atomic mass is 9.91. The first-order valence-electron chi connectivity index (χ1n) is 9.15. The molecule has 0 spiro atoms. The summed E-state index contributed by atoms with van der Waals surface area (Å²) in [4.78, 5) is 25.5. The fourth-order valence-electron chi connectivity index (χ4n) is 2.93. The number of carbonyl (C=O) groups is 2. The maximum absolute atomic E-state index is 12.7. The van der Waals surface area contributed by atoms with Gasteiger partial charge in [0.2, 0.25) is 0 Å². The Balaban J connectivity index is 2.30. The molecule has 0 aliphatic carbocycles. The van der Waals surface area contributed by atoms with Gasteiger partial charge in [0.1, 0.15) is 5.75 Å². The van der Waals surface area contributed by atoms with Crippen molar-refractivity contribution in [2.45, 2.75) is 52.4 Å². The third-order valence-corrected chi connectivity index (χ3v) is 5.23. The maximum Gasteiger partial charge on any atom is 0.303 e. The van der Waals surface area contributed by atoms with Crippen LogP contribution in [-0.4, -0.2) is 33.5 Å². The highest BCUT2D eigenvalue weighted by Crippen LogP contribution is 2.36. The number of carboxylic acids is 1. The average molecular weight is 390 g/mol. The smallest absolute Gasteiger partial charge is 0.303 e. The zero-order valence-electron chi connectivity index (χ0n) is 16.2. The van der Waals surface area contributed by atoms with Crippen molar-refractivity contribution in [1.29, 1.82) is 0 Å². The van der Waals surface area contributed by atoms with Crippen LogP contribution >= 0.6 is 11.8 Å². The van der Waals surface area contributed by atoms with Gasteiger partial charge < -0.3 is 15.1 Å². The highest BCUT2D eigenvalue weighted by atomic mass is 32.2. The van der Waals surface area contributed by atoms with Crippen LogP contribution in [0, 0.1) is 0 Å². The van der Waals surface area contributed by atoms with Crippen molar-refractivity contribution < 1.29 is 19.8 Å². The van der Waals surface area contributed by atoms with Gasteiger partial charge in [0.05, 0.1) is 4.91 Å². The number of carbonyl (C=O) groups excluding carboxylic acids is 1. The first-order chi connectivity index (χ1) is 12.7. The summed E-state index contributed by atoms with van der Waals surface area (Å²) in [6.45, 7) is 8.50. The van der Waals surface area contributed by atoms with Crippen molar-refractivity contribution in [2.75, 3.05) is 6.54 Å². The predicted octanol–water partition coefficient (Wildman–Crippen LogP) is 4.89. The van der Waals surface area contributed by atoms with E-state index in [2.05, 4.69) is 0 Å². The minimum atomic E-state index is -0.861. The van der Waals surface area contributed by atoms with Crippen molar-refractivity contribution >= 4 is 29.7 Å². The van der Waals surface area contributed by atoms with Crippen LogP contribution in [0.4, 0.5) is 0 Å². The zero-order valence-corrected chi connectivity index (χ0v) is 17.0. The average Bonchev–Trinajstić information content (AvgIpc) is 2.58. The molecule has 0 aromatic heterocycles. The van der Waals surface area contributed by atoms with Crippen LogP contribution in [0.25, 0.3) is 6.08 Å². The first kappa shape index (κ1) is 21.1. The number of hydrogen-bond acceptors (Lipinski definition) is 4. The fourth-order valence-corrected chi connectivity index (χ4v) is 3.70. The lowest BCUT2D eigenvalue weighted by Gasteiger charge is -2.23. The molecule has 5 nitrogen and oxygen atoms in total. The highest BCUT2D eigenvalue weighted by Gasteiger charge is 2.21. The Labute approximate surface area is 164 Å². The topological polar surface area (TPSA) is 77.8 Å². The van der Waals surface area contributed by atoms with E-state index in [-0.39, 0.29) is 24.2 Å². The molecule has 1 aliphatic rings. The number of rotatable bonds is 7. The van der Waals surface area contributed by atoms with Crippen LogP contribution in [0.1, 0.15) is 69.1 Å². The van der Waals surface area contributed by atoms with Gasteiger partial charge in [-0.15, -0.1) is 0 Å². The van der Waals surface area contributed by atoms with Crippen LogP contribution < -0.4 is 0 Å². The number of thioether (sulfide) groups is 1. The standard InChI is InChI=1S/C21H27NO4S/c1-13(2)16-10-15(11-17(14(3)4)20(16)25)12-18-21(26)22(8-9-27-18)7-5-6-19(23)24/h8-14,25H,5-7H2,1-4H3,(H,23,24)/b18-12-. The molecule has 146 valence electrons. The molecule has 6 heteroatoms. The molecule has 0 atom stereocenters. The second kappa shape index (κ2) is 9.13. The molecule has 1 aromatic rings. The van der Waals surface area contributed by atoms with E-state index < -0.39 is 5.97 Å². The molecule has 0 saturated carbocycles. The quantitative estimate of drug-likeness (QED) is 0.649. The number of phenolic OH excluding ortho intramolecular Hbond substituents is 1. The molecular weight excluding hydrogens is 362 g/mol. The molecule has 0 unspecified atom stereocenters. The van der Waals surface area contributed by atoms with E-state index in [1.807, 2.05) is 51.3 Å². The summed E-state index contributed by atoms with van der Waals surface area (Å²) in [5.41, 5.74) is 2.63. The van der Waals surface area contributed by atoms with Crippen molar-refractivity contribution in [3.05, 3.63) is 45.3 Å². The summed E-state index contributed by atoms with van der Waals surface area (Å²) in [6.07, 6.45) is 3.99. The van der Waals surface area contributed by atoms with Gasteiger partial charge in [-0.25, -0.2) is 0 Å². The van der Waals surface area contributed by atoms with Gasteiger partial charge >= 0.3 is 5.97 Å². The van der Waals surface area contributed by atoms with Crippen LogP contribution in [-0.2, 0) is 9.59 Å². The summed E-state index contributed by atoms with van der Waals surface area (Å²) >= 11 is 1.35. The third kappa shape index (κ3) is 5.39. The van der Waals surface area contributed by atoms with E-state index >= 15 is 0 Å². The van der Waals surface area contributed by atoms with E-state index in [0.29, 0.717) is 23.6 Å². The number of phenols is 1. The van der Waals surface area contributed by atoms with Crippen molar-refractivity contribution in [1.82, 2.24) is 4.90 Å². The summed E-state index contributed by atoms with van der Waals surface area (Å²) in [5, 5.41) is 21.1. The number of hydrogen-bond donors (Lipinski definition) is 2. The molecular formula is C21H27NO4S. The molecule has 0 bridgehead atoms. The van der Waals surface area contributed by atoms with Crippen LogP contribution in [0.2, 0.25) is 0 Å². The molecule has 1 heterocycles. The second-order valence-corrected chi connectivity index (χ2v) is 8.21. The van der Waals surface area contributed by atoms with E-state index in [0.717, 1.165) is 16.7 Å². The fraction of sp³-hybridized carbons (Fsp3) is 0.429. The molecule has 1 amide bonds.